The second-order valence-electron chi connectivity index (χ2n) is 5.78. The first-order valence-corrected chi connectivity index (χ1v) is 8.69. The number of benzene rings is 1. The van der Waals surface area contributed by atoms with Crippen LogP contribution in [0, 0.1) is 6.92 Å². The Morgan fingerprint density at radius 2 is 2.05 bits per heavy atom. The Kier molecular flexibility index (Phi) is 4.57. The minimum absolute atomic E-state index is 0.00397. The van der Waals surface area contributed by atoms with Crippen molar-refractivity contribution >= 4 is 34.3 Å². The van der Waals surface area contributed by atoms with E-state index in [9.17, 15) is 9.59 Å². The number of anilines is 2. The van der Waals surface area contributed by atoms with Crippen molar-refractivity contribution < 1.29 is 9.59 Å². The fraction of sp³-hybridized carbons (Fsp3) is 0.500. The summed E-state index contributed by atoms with van der Waals surface area (Å²) in [7, 11) is 0. The zero-order valence-electron chi connectivity index (χ0n) is 12.8. The average Bonchev–Trinajstić information content (AvgIpc) is 3.12. The van der Waals surface area contributed by atoms with Crippen LogP contribution >= 0.6 is 11.8 Å². The van der Waals surface area contributed by atoms with Gasteiger partial charge in [0, 0.05) is 36.8 Å². The normalized spacial score (nSPS) is 18.1. The van der Waals surface area contributed by atoms with E-state index in [1.807, 2.05) is 12.1 Å². The van der Waals surface area contributed by atoms with Gasteiger partial charge in [0.2, 0.25) is 5.91 Å². The molecule has 0 bridgehead atoms. The molecule has 2 fully saturated rings. The summed E-state index contributed by atoms with van der Waals surface area (Å²) in [5, 5.41) is 2.88. The van der Waals surface area contributed by atoms with Crippen molar-refractivity contribution in [1.82, 2.24) is 4.90 Å². The smallest absolute Gasteiger partial charge is 0.282 e. The van der Waals surface area contributed by atoms with Gasteiger partial charge in [-0.15, -0.1) is 0 Å². The van der Waals surface area contributed by atoms with E-state index in [-0.39, 0.29) is 17.7 Å². The summed E-state index contributed by atoms with van der Waals surface area (Å²) < 4.78 is 0. The summed E-state index contributed by atoms with van der Waals surface area (Å²) in [4.78, 5) is 27.5. The molecule has 118 valence electrons. The Hall–Kier alpha value is -1.69. The Labute approximate surface area is 135 Å². The van der Waals surface area contributed by atoms with E-state index in [2.05, 4.69) is 23.2 Å². The number of amides is 2. The fourth-order valence-corrected chi connectivity index (χ4v) is 3.81. The van der Waals surface area contributed by atoms with Gasteiger partial charge in [0.25, 0.3) is 5.24 Å². The van der Waals surface area contributed by atoms with Crippen molar-refractivity contribution in [3.8, 4) is 0 Å². The van der Waals surface area contributed by atoms with Gasteiger partial charge >= 0.3 is 0 Å². The molecule has 6 heteroatoms. The molecule has 2 amide bonds. The third-order valence-corrected chi connectivity index (χ3v) is 5.00. The van der Waals surface area contributed by atoms with E-state index >= 15 is 0 Å². The molecule has 22 heavy (non-hydrogen) atoms. The van der Waals surface area contributed by atoms with Crippen LogP contribution in [0.15, 0.2) is 18.2 Å². The predicted molar refractivity (Wildman–Crippen MR) is 90.7 cm³/mol. The van der Waals surface area contributed by atoms with Gasteiger partial charge in [-0.2, -0.15) is 0 Å². The molecule has 2 heterocycles. The second-order valence-corrected chi connectivity index (χ2v) is 6.83. The maximum Gasteiger partial charge on any atom is 0.282 e. The largest absolute Gasteiger partial charge is 0.371 e. The van der Waals surface area contributed by atoms with Crippen LogP contribution in [0.2, 0.25) is 0 Å². The number of carbonyl (C=O) groups is 2. The highest BCUT2D eigenvalue weighted by Crippen LogP contribution is 2.26. The summed E-state index contributed by atoms with van der Waals surface area (Å²) in [6.07, 6.45) is 2.50. The predicted octanol–water partition coefficient (Wildman–Crippen LogP) is 2.70. The molecular weight excluding hydrogens is 298 g/mol. The van der Waals surface area contributed by atoms with Crippen LogP contribution in [0.4, 0.5) is 16.2 Å². The number of thioether (sulfide) groups is 1. The average molecular weight is 319 g/mol. The molecule has 1 N–H and O–H groups in total. The molecule has 0 aromatic heterocycles. The number of nitrogens with zero attached hydrogens (tertiary/aromatic N) is 2. The van der Waals surface area contributed by atoms with Gasteiger partial charge in [0.1, 0.15) is 6.54 Å². The van der Waals surface area contributed by atoms with Crippen molar-refractivity contribution in [1.29, 1.82) is 0 Å². The molecule has 1 aromatic rings. The molecule has 0 aliphatic carbocycles. The van der Waals surface area contributed by atoms with Gasteiger partial charge in [-0.3, -0.25) is 9.59 Å². The van der Waals surface area contributed by atoms with E-state index in [1.165, 1.54) is 35.9 Å². The number of hydrogen-bond donors (Lipinski definition) is 1. The monoisotopic (exact) mass is 319 g/mol. The van der Waals surface area contributed by atoms with Crippen LogP contribution in [-0.4, -0.2) is 48.0 Å². The summed E-state index contributed by atoms with van der Waals surface area (Å²) in [6.45, 7) is 5.09. The van der Waals surface area contributed by atoms with E-state index in [4.69, 9.17) is 0 Å². The first kappa shape index (κ1) is 15.2. The first-order chi connectivity index (χ1) is 10.6. The molecule has 0 spiro atoms. The molecular formula is C16H21N3O2S. The van der Waals surface area contributed by atoms with Gasteiger partial charge in [0.15, 0.2) is 0 Å². The molecule has 1 aromatic carbocycles. The van der Waals surface area contributed by atoms with E-state index < -0.39 is 0 Å². The third-order valence-electron chi connectivity index (χ3n) is 4.11. The van der Waals surface area contributed by atoms with Crippen molar-refractivity contribution in [2.75, 3.05) is 42.1 Å². The zero-order valence-corrected chi connectivity index (χ0v) is 13.6. The van der Waals surface area contributed by atoms with Crippen LogP contribution in [0.3, 0.4) is 0 Å². The number of aryl methyl sites for hydroxylation is 1. The lowest BCUT2D eigenvalue weighted by Crippen LogP contribution is -2.33. The lowest BCUT2D eigenvalue weighted by atomic mass is 10.1. The topological polar surface area (TPSA) is 52.7 Å². The summed E-state index contributed by atoms with van der Waals surface area (Å²) >= 11 is 1.27. The van der Waals surface area contributed by atoms with E-state index in [1.54, 1.807) is 4.90 Å². The number of nitrogens with one attached hydrogen (secondary N) is 1. The van der Waals surface area contributed by atoms with Crippen LogP contribution in [0.25, 0.3) is 0 Å². The quantitative estimate of drug-likeness (QED) is 0.927. The van der Waals surface area contributed by atoms with Crippen LogP contribution < -0.4 is 10.2 Å². The molecule has 0 atom stereocenters. The molecule has 0 saturated carbocycles. The van der Waals surface area contributed by atoms with Crippen LogP contribution in [-0.2, 0) is 4.79 Å². The molecule has 0 radical (unpaired) electrons. The van der Waals surface area contributed by atoms with Gasteiger partial charge in [0.05, 0.1) is 0 Å². The SMILES string of the molecule is Cc1cc(NC(=O)CN2CCSC2=O)ccc1N1CCCC1. The maximum absolute atomic E-state index is 12.0. The Bertz CT molecular complexity index is 585. The third kappa shape index (κ3) is 3.38. The summed E-state index contributed by atoms with van der Waals surface area (Å²) in [5.41, 5.74) is 3.22. The Morgan fingerprint density at radius 3 is 2.68 bits per heavy atom. The second kappa shape index (κ2) is 6.60. The lowest BCUT2D eigenvalue weighted by molar-refractivity contribution is -0.116. The highest BCUT2D eigenvalue weighted by Gasteiger charge is 2.23. The standard InChI is InChI=1S/C16H21N3O2S/c1-12-10-13(4-5-14(12)18-6-2-3-7-18)17-15(20)11-19-8-9-22-16(19)21/h4-5,10H,2-3,6-9,11H2,1H3,(H,17,20). The highest BCUT2D eigenvalue weighted by atomic mass is 32.2. The maximum atomic E-state index is 12.0. The molecule has 3 rings (SSSR count). The van der Waals surface area contributed by atoms with Crippen molar-refractivity contribution in [3.05, 3.63) is 23.8 Å². The summed E-state index contributed by atoms with van der Waals surface area (Å²) in [5.74, 6) is 0.639. The zero-order chi connectivity index (χ0) is 15.5. The van der Waals surface area contributed by atoms with Gasteiger partial charge in [-0.25, -0.2) is 0 Å². The van der Waals surface area contributed by atoms with Crippen molar-refractivity contribution in [2.24, 2.45) is 0 Å². The van der Waals surface area contributed by atoms with E-state index in [0.717, 1.165) is 24.5 Å². The molecule has 2 aliphatic heterocycles. The van der Waals surface area contributed by atoms with Gasteiger partial charge in [-0.05, 0) is 43.5 Å². The van der Waals surface area contributed by atoms with Crippen molar-refractivity contribution in [2.45, 2.75) is 19.8 Å². The number of hydrogen-bond acceptors (Lipinski definition) is 4. The number of carbonyl (C=O) groups excluding carboxylic acids is 2. The number of rotatable bonds is 4. The lowest BCUT2D eigenvalue weighted by Gasteiger charge is -2.21. The van der Waals surface area contributed by atoms with E-state index in [0.29, 0.717) is 6.54 Å². The fourth-order valence-electron chi connectivity index (χ4n) is 2.99. The molecule has 5 nitrogen and oxygen atoms in total. The minimum atomic E-state index is -0.135. The first-order valence-electron chi connectivity index (χ1n) is 7.70. The highest BCUT2D eigenvalue weighted by molar-refractivity contribution is 8.13. The van der Waals surface area contributed by atoms with Crippen LogP contribution in [0.5, 0.6) is 0 Å². The molecule has 2 aliphatic rings. The van der Waals surface area contributed by atoms with Gasteiger partial charge < -0.3 is 15.1 Å². The van der Waals surface area contributed by atoms with Crippen molar-refractivity contribution in [3.63, 3.8) is 0 Å². The van der Waals surface area contributed by atoms with Gasteiger partial charge in [-0.1, -0.05) is 11.8 Å². The Morgan fingerprint density at radius 1 is 1.27 bits per heavy atom. The van der Waals surface area contributed by atoms with Crippen LogP contribution in [0.1, 0.15) is 18.4 Å². The molecule has 2 saturated heterocycles. The Balaban J connectivity index is 1.61. The summed E-state index contributed by atoms with van der Waals surface area (Å²) in [6, 6.07) is 6.03. The minimum Gasteiger partial charge on any atom is -0.371 e. The molecule has 0 unspecified atom stereocenters.